The first-order valence-corrected chi connectivity index (χ1v) is 5.48. The molecule has 1 aromatic carbocycles. The average Bonchev–Trinajstić information content (AvgIpc) is 2.32. The molecule has 3 nitrogen and oxygen atoms in total. The predicted molar refractivity (Wildman–Crippen MR) is 68.3 cm³/mol. The van der Waals surface area contributed by atoms with Crippen molar-refractivity contribution < 1.29 is 4.79 Å². The van der Waals surface area contributed by atoms with Gasteiger partial charge in [-0.25, -0.2) is 4.98 Å². The lowest BCUT2D eigenvalue weighted by atomic mass is 10.0. The third kappa shape index (κ3) is 2.45. The Bertz CT molecular complexity index is 564. The minimum absolute atomic E-state index is 0.143. The maximum atomic E-state index is 12.2. The Morgan fingerprint density at radius 2 is 1.94 bits per heavy atom. The zero-order valence-corrected chi connectivity index (χ0v) is 10.0. The number of ketones is 1. The molecule has 1 heterocycles. The highest BCUT2D eigenvalue weighted by atomic mass is 35.5. The molecule has 0 unspecified atom stereocenters. The van der Waals surface area contributed by atoms with E-state index in [0.29, 0.717) is 16.1 Å². The molecule has 0 spiro atoms. The molecule has 0 aliphatic carbocycles. The van der Waals surface area contributed by atoms with E-state index in [1.165, 1.54) is 0 Å². The van der Waals surface area contributed by atoms with Crippen LogP contribution in [0.4, 0.5) is 5.82 Å². The number of nitrogens with zero attached hydrogens (tertiary/aromatic N) is 1. The van der Waals surface area contributed by atoms with Gasteiger partial charge in [0.1, 0.15) is 5.82 Å². The van der Waals surface area contributed by atoms with E-state index < -0.39 is 0 Å². The van der Waals surface area contributed by atoms with Crippen LogP contribution < -0.4 is 5.73 Å². The molecule has 2 N–H and O–H groups in total. The summed E-state index contributed by atoms with van der Waals surface area (Å²) in [6.45, 7) is 1.87. The van der Waals surface area contributed by atoms with Crippen LogP contribution in [-0.4, -0.2) is 10.8 Å². The van der Waals surface area contributed by atoms with Gasteiger partial charge in [0.05, 0.1) is 5.56 Å². The van der Waals surface area contributed by atoms with Crippen molar-refractivity contribution >= 4 is 23.2 Å². The van der Waals surface area contributed by atoms with Crippen molar-refractivity contribution in [1.29, 1.82) is 0 Å². The van der Waals surface area contributed by atoms with Crippen LogP contribution in [0.3, 0.4) is 0 Å². The Balaban J connectivity index is 2.43. The van der Waals surface area contributed by atoms with Crippen LogP contribution in [0.5, 0.6) is 0 Å². The number of nitrogen functional groups attached to an aromatic ring is 1. The van der Waals surface area contributed by atoms with Gasteiger partial charge in [-0.2, -0.15) is 0 Å². The van der Waals surface area contributed by atoms with E-state index in [1.54, 1.807) is 36.5 Å². The monoisotopic (exact) mass is 246 g/mol. The number of aromatic nitrogens is 1. The number of aryl methyl sites for hydroxylation is 1. The molecule has 17 heavy (non-hydrogen) atoms. The van der Waals surface area contributed by atoms with Gasteiger partial charge in [-0.3, -0.25) is 4.79 Å². The molecule has 4 heteroatoms. The second kappa shape index (κ2) is 4.55. The molecule has 0 atom stereocenters. The number of rotatable bonds is 2. The fraction of sp³-hybridized carbons (Fsp3) is 0.0769. The molecular weight excluding hydrogens is 236 g/mol. The third-order valence-corrected chi connectivity index (χ3v) is 2.66. The number of carbonyl (C=O) groups is 1. The second-order valence-corrected chi connectivity index (χ2v) is 4.22. The fourth-order valence-corrected chi connectivity index (χ4v) is 1.64. The van der Waals surface area contributed by atoms with Crippen molar-refractivity contribution in [3.8, 4) is 0 Å². The highest BCUT2D eigenvalue weighted by Crippen LogP contribution is 2.17. The molecule has 0 fully saturated rings. The maximum absolute atomic E-state index is 12.2. The largest absolute Gasteiger partial charge is 0.383 e. The Morgan fingerprint density at radius 1 is 1.29 bits per heavy atom. The zero-order chi connectivity index (χ0) is 12.4. The third-order valence-electron chi connectivity index (χ3n) is 2.41. The fourth-order valence-electron chi connectivity index (χ4n) is 1.52. The number of pyridine rings is 1. The van der Waals surface area contributed by atoms with Crippen molar-refractivity contribution in [3.05, 3.63) is 58.2 Å². The lowest BCUT2D eigenvalue weighted by Gasteiger charge is -2.05. The number of carbonyl (C=O) groups excluding carboxylic acids is 1. The summed E-state index contributed by atoms with van der Waals surface area (Å²) in [5.74, 6) is 0.103. The molecule has 0 amide bonds. The number of nitrogens with two attached hydrogens (primary N) is 1. The highest BCUT2D eigenvalue weighted by molar-refractivity contribution is 6.30. The summed E-state index contributed by atoms with van der Waals surface area (Å²) in [5, 5.41) is 0.594. The first-order chi connectivity index (χ1) is 8.08. The number of halogens is 1. The number of hydrogen-bond donors (Lipinski definition) is 1. The standard InChI is InChI=1S/C13H11ClN2O/c1-8-6-11(13(15)16-7-8)12(17)9-2-4-10(14)5-3-9/h2-7H,1H3,(H2,15,16). The summed E-state index contributed by atoms with van der Waals surface area (Å²) in [7, 11) is 0. The zero-order valence-electron chi connectivity index (χ0n) is 9.27. The van der Waals surface area contributed by atoms with E-state index in [0.717, 1.165) is 5.56 Å². The Morgan fingerprint density at radius 3 is 2.59 bits per heavy atom. The van der Waals surface area contributed by atoms with Crippen LogP contribution in [0, 0.1) is 6.92 Å². The second-order valence-electron chi connectivity index (χ2n) is 3.78. The van der Waals surface area contributed by atoms with Gasteiger partial charge in [0.2, 0.25) is 0 Å². The lowest BCUT2D eigenvalue weighted by Crippen LogP contribution is -2.07. The van der Waals surface area contributed by atoms with Gasteiger partial charge in [-0.1, -0.05) is 11.6 Å². The van der Waals surface area contributed by atoms with Crippen LogP contribution in [0.15, 0.2) is 36.5 Å². The lowest BCUT2D eigenvalue weighted by molar-refractivity contribution is 0.103. The van der Waals surface area contributed by atoms with Crippen molar-refractivity contribution in [2.75, 3.05) is 5.73 Å². The van der Waals surface area contributed by atoms with Crippen LogP contribution in [0.2, 0.25) is 5.02 Å². The van der Waals surface area contributed by atoms with Crippen molar-refractivity contribution in [1.82, 2.24) is 4.98 Å². The SMILES string of the molecule is Cc1cnc(N)c(C(=O)c2ccc(Cl)cc2)c1. The minimum Gasteiger partial charge on any atom is -0.383 e. The quantitative estimate of drug-likeness (QED) is 0.829. The van der Waals surface area contributed by atoms with Gasteiger partial charge in [0.15, 0.2) is 5.78 Å². The van der Waals surface area contributed by atoms with Gasteiger partial charge in [-0.15, -0.1) is 0 Å². The molecule has 0 aliphatic rings. The van der Waals surface area contributed by atoms with Crippen molar-refractivity contribution in [3.63, 3.8) is 0 Å². The summed E-state index contributed by atoms with van der Waals surface area (Å²) < 4.78 is 0. The minimum atomic E-state index is -0.143. The summed E-state index contributed by atoms with van der Waals surface area (Å²) in [5.41, 5.74) is 7.57. The molecule has 0 bridgehead atoms. The first-order valence-electron chi connectivity index (χ1n) is 5.10. The van der Waals surface area contributed by atoms with E-state index in [1.807, 2.05) is 6.92 Å². The average molecular weight is 247 g/mol. The number of anilines is 1. The van der Waals surface area contributed by atoms with E-state index in [4.69, 9.17) is 17.3 Å². The molecular formula is C13H11ClN2O. The van der Waals surface area contributed by atoms with Crippen LogP contribution in [-0.2, 0) is 0 Å². The molecule has 0 aliphatic heterocycles. The topological polar surface area (TPSA) is 56.0 Å². The van der Waals surface area contributed by atoms with Gasteiger partial charge in [0.25, 0.3) is 0 Å². The van der Waals surface area contributed by atoms with Gasteiger partial charge in [0, 0.05) is 16.8 Å². The van der Waals surface area contributed by atoms with Crippen LogP contribution in [0.25, 0.3) is 0 Å². The summed E-state index contributed by atoms with van der Waals surface area (Å²) in [6, 6.07) is 8.43. The molecule has 0 saturated carbocycles. The van der Waals surface area contributed by atoms with Gasteiger partial charge in [-0.05, 0) is 42.8 Å². The van der Waals surface area contributed by atoms with E-state index in [2.05, 4.69) is 4.98 Å². The van der Waals surface area contributed by atoms with E-state index >= 15 is 0 Å². The predicted octanol–water partition coefficient (Wildman–Crippen LogP) is 2.86. The van der Waals surface area contributed by atoms with Gasteiger partial charge < -0.3 is 5.73 Å². The van der Waals surface area contributed by atoms with Crippen LogP contribution >= 0.6 is 11.6 Å². The molecule has 2 rings (SSSR count). The molecule has 0 saturated heterocycles. The summed E-state index contributed by atoms with van der Waals surface area (Å²) in [6.07, 6.45) is 1.63. The normalized spacial score (nSPS) is 10.2. The molecule has 1 aromatic heterocycles. The Kier molecular flexibility index (Phi) is 3.11. The number of hydrogen-bond acceptors (Lipinski definition) is 3. The van der Waals surface area contributed by atoms with Crippen LogP contribution in [0.1, 0.15) is 21.5 Å². The molecule has 86 valence electrons. The summed E-state index contributed by atoms with van der Waals surface area (Å²) in [4.78, 5) is 16.1. The van der Waals surface area contributed by atoms with E-state index in [-0.39, 0.29) is 11.6 Å². The smallest absolute Gasteiger partial charge is 0.196 e. The highest BCUT2D eigenvalue weighted by Gasteiger charge is 2.13. The molecule has 0 radical (unpaired) electrons. The van der Waals surface area contributed by atoms with Crippen molar-refractivity contribution in [2.24, 2.45) is 0 Å². The van der Waals surface area contributed by atoms with Gasteiger partial charge >= 0.3 is 0 Å². The number of benzene rings is 1. The summed E-state index contributed by atoms with van der Waals surface area (Å²) >= 11 is 5.77. The Labute approximate surface area is 104 Å². The van der Waals surface area contributed by atoms with Crippen molar-refractivity contribution in [2.45, 2.75) is 6.92 Å². The first kappa shape index (κ1) is 11.6. The van der Waals surface area contributed by atoms with E-state index in [9.17, 15) is 4.79 Å². The Hall–Kier alpha value is -1.87. The molecule has 2 aromatic rings. The maximum Gasteiger partial charge on any atom is 0.196 e.